The van der Waals surface area contributed by atoms with Gasteiger partial charge in [0.05, 0.1) is 31.3 Å². The first-order valence-electron chi connectivity index (χ1n) is 14.8. The van der Waals surface area contributed by atoms with Crippen LogP contribution in [0, 0.1) is 28.4 Å². The van der Waals surface area contributed by atoms with Crippen LogP contribution >= 0.6 is 0 Å². The number of amides is 2. The SMILES string of the molecule is COc1ccc(-c2cn(COCC[Si](C)(C)C)c3nccc(Oc4c(F)cc(NC(=O)NCC5(C)COC5)cc4F)c23)cc1C#N. The van der Waals surface area contributed by atoms with Crippen LogP contribution < -0.4 is 20.1 Å². The van der Waals surface area contributed by atoms with E-state index in [2.05, 4.69) is 41.3 Å². The number of nitrogens with zero attached hydrogens (tertiary/aromatic N) is 3. The number of anilines is 1. The summed E-state index contributed by atoms with van der Waals surface area (Å²) in [5.41, 5.74) is 1.82. The van der Waals surface area contributed by atoms with Crippen LogP contribution in [0.4, 0.5) is 19.3 Å². The molecular formula is C33H37F2N5O5Si. The van der Waals surface area contributed by atoms with Gasteiger partial charge in [-0.1, -0.05) is 32.6 Å². The van der Waals surface area contributed by atoms with Gasteiger partial charge in [0, 0.05) is 62.4 Å². The Morgan fingerprint density at radius 2 is 1.89 bits per heavy atom. The number of aromatic nitrogens is 2. The smallest absolute Gasteiger partial charge is 0.319 e. The van der Waals surface area contributed by atoms with Gasteiger partial charge in [0.25, 0.3) is 0 Å². The monoisotopic (exact) mass is 649 g/mol. The van der Waals surface area contributed by atoms with E-state index in [0.717, 1.165) is 18.2 Å². The number of ether oxygens (including phenoxy) is 4. The Kier molecular flexibility index (Phi) is 9.62. The Balaban J connectivity index is 1.46. The fraction of sp³-hybridized carbons (Fsp3) is 0.364. The van der Waals surface area contributed by atoms with Crippen molar-refractivity contribution in [1.82, 2.24) is 14.9 Å². The summed E-state index contributed by atoms with van der Waals surface area (Å²) in [6.07, 6.45) is 3.30. The number of nitriles is 1. The van der Waals surface area contributed by atoms with E-state index >= 15 is 8.78 Å². The Labute approximate surface area is 267 Å². The lowest BCUT2D eigenvalue weighted by Gasteiger charge is -2.37. The Morgan fingerprint density at radius 1 is 1.15 bits per heavy atom. The largest absolute Gasteiger partial charge is 0.495 e. The normalized spacial score (nSPS) is 14.0. The fourth-order valence-electron chi connectivity index (χ4n) is 4.95. The predicted octanol–water partition coefficient (Wildman–Crippen LogP) is 7.12. The summed E-state index contributed by atoms with van der Waals surface area (Å²) in [6, 6.07) is 11.2. The molecule has 46 heavy (non-hydrogen) atoms. The Hall–Kier alpha value is -4.51. The maximum Gasteiger partial charge on any atom is 0.319 e. The molecule has 3 heterocycles. The number of carbonyl (C=O) groups excluding carboxylic acids is 1. The van der Waals surface area contributed by atoms with Gasteiger partial charge >= 0.3 is 6.03 Å². The van der Waals surface area contributed by atoms with Crippen molar-refractivity contribution in [2.24, 2.45) is 5.41 Å². The zero-order valence-electron chi connectivity index (χ0n) is 26.5. The summed E-state index contributed by atoms with van der Waals surface area (Å²) in [5, 5.41) is 15.3. The number of hydrogen-bond acceptors (Lipinski definition) is 7. The third-order valence-electron chi connectivity index (χ3n) is 7.62. The highest BCUT2D eigenvalue weighted by Gasteiger charge is 2.33. The maximum absolute atomic E-state index is 15.4. The van der Waals surface area contributed by atoms with Crippen LogP contribution in [0.3, 0.4) is 0 Å². The van der Waals surface area contributed by atoms with Crippen LogP contribution in [-0.2, 0) is 16.2 Å². The standard InChI is InChI=1S/C33H37F2N5O5Si/c1-33(18-44-19-33)17-38-32(41)39-23-13-25(34)30(26(35)14-23)45-28-8-9-37-31-29(28)24(16-40(31)20-43-10-11-46(3,4)5)21-6-7-27(42-2)22(12-21)15-36/h6-9,12-14,16H,10-11,17-20H2,1-5H3,(H2,38,39,41). The molecule has 0 spiro atoms. The highest BCUT2D eigenvalue weighted by Crippen LogP contribution is 2.40. The number of fused-ring (bicyclic) bond motifs is 1. The topological polar surface area (TPSA) is 120 Å². The van der Waals surface area contributed by atoms with Crippen LogP contribution in [0.25, 0.3) is 22.2 Å². The van der Waals surface area contributed by atoms with Gasteiger partial charge in [-0.2, -0.15) is 5.26 Å². The lowest BCUT2D eigenvalue weighted by Crippen LogP contribution is -2.49. The minimum Gasteiger partial charge on any atom is -0.495 e. The van der Waals surface area contributed by atoms with Gasteiger partial charge in [0.2, 0.25) is 0 Å². The third kappa shape index (κ3) is 7.47. The second-order valence-electron chi connectivity index (χ2n) is 12.9. The highest BCUT2D eigenvalue weighted by atomic mass is 28.3. The molecular weight excluding hydrogens is 612 g/mol. The van der Waals surface area contributed by atoms with Gasteiger partial charge in [0.15, 0.2) is 17.4 Å². The first kappa shape index (κ1) is 32.9. The van der Waals surface area contributed by atoms with E-state index in [1.807, 2.05) is 13.1 Å². The van der Waals surface area contributed by atoms with Crippen molar-refractivity contribution in [3.63, 3.8) is 0 Å². The molecule has 5 rings (SSSR count). The molecule has 0 bridgehead atoms. The minimum absolute atomic E-state index is 0.0701. The molecule has 0 saturated carbocycles. The van der Waals surface area contributed by atoms with E-state index < -0.39 is 31.5 Å². The average molecular weight is 650 g/mol. The number of methoxy groups -OCH3 is 1. The Bertz CT molecular complexity index is 1770. The lowest BCUT2D eigenvalue weighted by atomic mass is 9.89. The van der Waals surface area contributed by atoms with Gasteiger partial charge in [-0.25, -0.2) is 18.6 Å². The second-order valence-corrected chi connectivity index (χ2v) is 18.5. The van der Waals surface area contributed by atoms with Crippen LogP contribution in [-0.4, -0.2) is 57.1 Å². The van der Waals surface area contributed by atoms with Crippen molar-refractivity contribution in [2.75, 3.05) is 38.8 Å². The van der Waals surface area contributed by atoms with Crippen molar-refractivity contribution >= 4 is 30.8 Å². The Morgan fingerprint density at radius 3 is 2.52 bits per heavy atom. The van der Waals surface area contributed by atoms with Gasteiger partial charge in [-0.05, 0) is 29.8 Å². The molecule has 0 aliphatic carbocycles. The molecule has 1 aliphatic rings. The van der Waals surface area contributed by atoms with Crippen molar-refractivity contribution in [1.29, 1.82) is 5.26 Å². The number of pyridine rings is 1. The van der Waals surface area contributed by atoms with E-state index in [-0.39, 0.29) is 23.6 Å². The van der Waals surface area contributed by atoms with Crippen molar-refractivity contribution in [2.45, 2.75) is 39.3 Å². The molecule has 1 saturated heterocycles. The van der Waals surface area contributed by atoms with Crippen LogP contribution in [0.5, 0.6) is 17.2 Å². The summed E-state index contributed by atoms with van der Waals surface area (Å²) in [4.78, 5) is 16.9. The highest BCUT2D eigenvalue weighted by molar-refractivity contribution is 6.76. The number of hydrogen-bond donors (Lipinski definition) is 2. The number of rotatable bonds is 12. The van der Waals surface area contributed by atoms with E-state index in [1.54, 1.807) is 22.8 Å². The van der Waals surface area contributed by atoms with Crippen molar-refractivity contribution < 1.29 is 32.5 Å². The number of nitrogens with one attached hydrogen (secondary N) is 2. The maximum atomic E-state index is 15.4. The zero-order chi connectivity index (χ0) is 33.1. The first-order valence-corrected chi connectivity index (χ1v) is 18.5. The zero-order valence-corrected chi connectivity index (χ0v) is 27.5. The molecule has 0 radical (unpaired) electrons. The van der Waals surface area contributed by atoms with E-state index in [4.69, 9.17) is 18.9 Å². The van der Waals surface area contributed by atoms with Crippen LogP contribution in [0.15, 0.2) is 48.8 Å². The molecule has 2 amide bonds. The molecule has 4 aromatic rings. The van der Waals surface area contributed by atoms with E-state index in [0.29, 0.717) is 59.8 Å². The molecule has 2 aromatic heterocycles. The average Bonchev–Trinajstić information content (AvgIpc) is 3.37. The fourth-order valence-corrected chi connectivity index (χ4v) is 5.71. The summed E-state index contributed by atoms with van der Waals surface area (Å²) < 4.78 is 54.9. The molecule has 0 atom stereocenters. The number of carbonyl (C=O) groups is 1. The predicted molar refractivity (Wildman–Crippen MR) is 173 cm³/mol. The van der Waals surface area contributed by atoms with E-state index in [1.165, 1.54) is 19.4 Å². The van der Waals surface area contributed by atoms with Gasteiger partial charge < -0.3 is 34.1 Å². The summed E-state index contributed by atoms with van der Waals surface area (Å²) in [6.45, 7) is 10.9. The lowest BCUT2D eigenvalue weighted by molar-refractivity contribution is -0.0974. The molecule has 2 aromatic carbocycles. The number of urea groups is 1. The summed E-state index contributed by atoms with van der Waals surface area (Å²) in [5.74, 6) is -2.10. The number of halogens is 2. The molecule has 242 valence electrons. The molecule has 10 nitrogen and oxygen atoms in total. The van der Waals surface area contributed by atoms with Crippen LogP contribution in [0.1, 0.15) is 12.5 Å². The first-order chi connectivity index (χ1) is 21.9. The molecule has 1 fully saturated rings. The third-order valence-corrected chi connectivity index (χ3v) is 9.33. The van der Waals surface area contributed by atoms with Gasteiger partial charge in [-0.15, -0.1) is 0 Å². The molecule has 13 heteroatoms. The molecule has 1 aliphatic heterocycles. The van der Waals surface area contributed by atoms with Gasteiger partial charge in [0.1, 0.15) is 29.9 Å². The minimum atomic E-state index is -1.32. The van der Waals surface area contributed by atoms with Gasteiger partial charge in [-0.3, -0.25) is 0 Å². The molecule has 0 unspecified atom stereocenters. The summed E-state index contributed by atoms with van der Waals surface area (Å²) in [7, 11) is 0.164. The second kappa shape index (κ2) is 13.5. The van der Waals surface area contributed by atoms with E-state index in [9.17, 15) is 10.1 Å². The summed E-state index contributed by atoms with van der Waals surface area (Å²) >= 11 is 0. The van der Waals surface area contributed by atoms with Crippen LogP contribution in [0.2, 0.25) is 25.7 Å². The number of benzene rings is 2. The molecule has 2 N–H and O–H groups in total. The quantitative estimate of drug-likeness (QED) is 0.124. The van der Waals surface area contributed by atoms with Crippen molar-refractivity contribution in [3.05, 3.63) is 66.0 Å². The van der Waals surface area contributed by atoms with Crippen molar-refractivity contribution in [3.8, 4) is 34.4 Å².